The highest BCUT2D eigenvalue weighted by Gasteiger charge is 2.19. The van der Waals surface area contributed by atoms with Crippen LogP contribution in [0.15, 0.2) is 58.1 Å². The van der Waals surface area contributed by atoms with E-state index in [1.165, 1.54) is 12.1 Å². The van der Waals surface area contributed by atoms with Crippen molar-refractivity contribution in [1.29, 1.82) is 0 Å². The topological polar surface area (TPSA) is 101 Å². The van der Waals surface area contributed by atoms with Crippen LogP contribution >= 0.6 is 0 Å². The molecule has 4 aromatic rings. The van der Waals surface area contributed by atoms with Crippen molar-refractivity contribution in [2.45, 2.75) is 13.8 Å². The molecular weight excluding hydrogens is 384 g/mol. The fourth-order valence-corrected chi connectivity index (χ4v) is 3.44. The summed E-state index contributed by atoms with van der Waals surface area (Å²) in [7, 11) is 0. The Balaban J connectivity index is 1.85. The zero-order valence-corrected chi connectivity index (χ0v) is 16.6. The number of H-pyrrole nitrogens is 2. The molecule has 0 radical (unpaired) electrons. The van der Waals surface area contributed by atoms with Gasteiger partial charge in [0, 0.05) is 10.8 Å². The Kier molecular flexibility index (Phi) is 5.10. The van der Waals surface area contributed by atoms with Gasteiger partial charge in [0.1, 0.15) is 11.5 Å². The largest absolute Gasteiger partial charge is 0.492 e. The van der Waals surface area contributed by atoms with Gasteiger partial charge in [-0.2, -0.15) is 0 Å². The van der Waals surface area contributed by atoms with E-state index in [-0.39, 0.29) is 11.1 Å². The number of carbonyl (C=O) groups is 1. The van der Waals surface area contributed by atoms with Gasteiger partial charge in [-0.25, -0.2) is 0 Å². The van der Waals surface area contributed by atoms with Gasteiger partial charge in [0.15, 0.2) is 0 Å². The number of ether oxygens (including phenoxy) is 2. The number of hydrogen-bond acceptors (Lipinski definition) is 5. The highest BCUT2D eigenvalue weighted by Crippen LogP contribution is 2.25. The van der Waals surface area contributed by atoms with Crippen LogP contribution in [0.3, 0.4) is 0 Å². The summed E-state index contributed by atoms with van der Waals surface area (Å²) in [5.74, 6) is 0.404. The number of aromatic amines is 2. The van der Waals surface area contributed by atoms with Crippen molar-refractivity contribution in [2.24, 2.45) is 0 Å². The van der Waals surface area contributed by atoms with Gasteiger partial charge in [0.25, 0.3) is 11.1 Å². The van der Waals surface area contributed by atoms with E-state index < -0.39 is 16.9 Å². The van der Waals surface area contributed by atoms with Gasteiger partial charge in [-0.1, -0.05) is 24.3 Å². The van der Waals surface area contributed by atoms with E-state index >= 15 is 0 Å². The van der Waals surface area contributed by atoms with Crippen molar-refractivity contribution in [3.8, 4) is 11.5 Å². The molecule has 0 unspecified atom stereocenters. The summed E-state index contributed by atoms with van der Waals surface area (Å²) in [4.78, 5) is 43.8. The van der Waals surface area contributed by atoms with E-state index in [1.54, 1.807) is 36.4 Å². The summed E-state index contributed by atoms with van der Waals surface area (Å²) in [6.07, 6.45) is 0. The number of benzene rings is 2. The monoisotopic (exact) mass is 404 g/mol. The minimum Gasteiger partial charge on any atom is -0.492 e. The summed E-state index contributed by atoms with van der Waals surface area (Å²) in [6, 6.07) is 13.5. The van der Waals surface area contributed by atoms with E-state index in [4.69, 9.17) is 9.47 Å². The van der Waals surface area contributed by atoms with Gasteiger partial charge in [-0.3, -0.25) is 14.4 Å². The highest BCUT2D eigenvalue weighted by molar-refractivity contribution is 6.11. The lowest BCUT2D eigenvalue weighted by molar-refractivity contribution is 0.103. The number of para-hydroxylation sites is 2. The Morgan fingerprint density at radius 1 is 0.767 bits per heavy atom. The number of nitrogens with one attached hydrogen (secondary N) is 2. The normalized spacial score (nSPS) is 11.0. The lowest BCUT2D eigenvalue weighted by Gasteiger charge is -2.09. The molecule has 2 aromatic carbocycles. The van der Waals surface area contributed by atoms with Crippen molar-refractivity contribution in [1.82, 2.24) is 9.97 Å². The minimum atomic E-state index is -0.648. The van der Waals surface area contributed by atoms with Crippen LogP contribution in [0.4, 0.5) is 0 Å². The van der Waals surface area contributed by atoms with Crippen LogP contribution in [0.5, 0.6) is 11.5 Å². The lowest BCUT2D eigenvalue weighted by atomic mass is 10.0. The first kappa shape index (κ1) is 19.4. The summed E-state index contributed by atoms with van der Waals surface area (Å²) >= 11 is 0. The van der Waals surface area contributed by atoms with Crippen molar-refractivity contribution in [3.05, 3.63) is 80.4 Å². The number of aromatic nitrogens is 2. The molecule has 0 atom stereocenters. The van der Waals surface area contributed by atoms with Gasteiger partial charge in [-0.05, 0) is 38.1 Å². The molecule has 0 aliphatic carbocycles. The second-order valence-corrected chi connectivity index (χ2v) is 6.66. The summed E-state index contributed by atoms with van der Waals surface area (Å²) in [6.45, 7) is 4.58. The number of pyridine rings is 2. The fraction of sp³-hybridized carbons (Fsp3) is 0.174. The molecule has 30 heavy (non-hydrogen) atoms. The zero-order valence-electron chi connectivity index (χ0n) is 16.6. The predicted octanol–water partition coefficient (Wildman–Crippen LogP) is 3.40. The second-order valence-electron chi connectivity index (χ2n) is 6.66. The molecule has 0 aliphatic heterocycles. The molecule has 2 aromatic heterocycles. The van der Waals surface area contributed by atoms with Gasteiger partial charge in [0.05, 0.1) is 35.4 Å². The molecule has 0 aliphatic rings. The van der Waals surface area contributed by atoms with Gasteiger partial charge in [-0.15, -0.1) is 0 Å². The van der Waals surface area contributed by atoms with Gasteiger partial charge in [0.2, 0.25) is 5.78 Å². The van der Waals surface area contributed by atoms with Crippen molar-refractivity contribution in [3.63, 3.8) is 0 Å². The van der Waals surface area contributed by atoms with Crippen LogP contribution in [-0.4, -0.2) is 29.0 Å². The first-order valence-electron chi connectivity index (χ1n) is 9.65. The van der Waals surface area contributed by atoms with Gasteiger partial charge >= 0.3 is 0 Å². The quantitative estimate of drug-likeness (QED) is 0.480. The average molecular weight is 404 g/mol. The standard InChI is InChI=1S/C23H20N2O5/c1-3-29-17-9-5-7-13-11-15(22(27)24-19(13)17)21(26)16-12-14-8-6-10-18(30-4-2)20(14)25-23(16)28/h5-12H,3-4H2,1-2H3,(H,24,27)(H,25,28). The maximum absolute atomic E-state index is 13.1. The van der Waals surface area contributed by atoms with Crippen LogP contribution in [0.1, 0.15) is 29.8 Å². The van der Waals surface area contributed by atoms with E-state index in [2.05, 4.69) is 9.97 Å². The lowest BCUT2D eigenvalue weighted by Crippen LogP contribution is -2.24. The predicted molar refractivity (Wildman–Crippen MR) is 115 cm³/mol. The van der Waals surface area contributed by atoms with Crippen LogP contribution in [-0.2, 0) is 0 Å². The Bertz CT molecular complexity index is 1280. The third kappa shape index (κ3) is 3.34. The Hall–Kier alpha value is -3.87. The van der Waals surface area contributed by atoms with Gasteiger partial charge < -0.3 is 19.4 Å². The van der Waals surface area contributed by atoms with Crippen LogP contribution in [0, 0.1) is 0 Å². The number of fused-ring (bicyclic) bond motifs is 2. The molecule has 0 amide bonds. The van der Waals surface area contributed by atoms with Crippen LogP contribution < -0.4 is 20.6 Å². The van der Waals surface area contributed by atoms with E-state index in [0.29, 0.717) is 46.5 Å². The zero-order chi connectivity index (χ0) is 21.3. The number of carbonyl (C=O) groups excluding carboxylic acids is 1. The summed E-state index contributed by atoms with van der Waals surface area (Å²) < 4.78 is 11.1. The SMILES string of the molecule is CCOc1cccc2cc(C(=O)c3cc4cccc(OCC)c4[nH]c3=O)c(=O)[nH]c12. The van der Waals surface area contributed by atoms with Crippen LogP contribution in [0.25, 0.3) is 21.8 Å². The van der Waals surface area contributed by atoms with E-state index in [0.717, 1.165) is 0 Å². The Morgan fingerprint density at radius 3 is 1.60 bits per heavy atom. The maximum atomic E-state index is 13.1. The molecule has 0 fully saturated rings. The molecule has 0 saturated carbocycles. The van der Waals surface area contributed by atoms with Crippen LogP contribution in [0.2, 0.25) is 0 Å². The first-order valence-corrected chi connectivity index (χ1v) is 9.65. The molecule has 4 rings (SSSR count). The summed E-state index contributed by atoms with van der Waals surface area (Å²) in [5.41, 5.74) is -0.363. The van der Waals surface area contributed by atoms with Crippen molar-refractivity contribution in [2.75, 3.05) is 13.2 Å². The van der Waals surface area contributed by atoms with Crippen molar-refractivity contribution >= 4 is 27.6 Å². The minimum absolute atomic E-state index is 0.109. The Morgan fingerprint density at radius 2 is 1.20 bits per heavy atom. The Labute approximate surface area is 171 Å². The second kappa shape index (κ2) is 7.87. The van der Waals surface area contributed by atoms with E-state index in [9.17, 15) is 14.4 Å². The summed E-state index contributed by atoms with van der Waals surface area (Å²) in [5, 5.41) is 1.28. The molecule has 0 bridgehead atoms. The number of hydrogen-bond donors (Lipinski definition) is 2. The number of rotatable bonds is 6. The van der Waals surface area contributed by atoms with Crippen molar-refractivity contribution < 1.29 is 14.3 Å². The third-order valence-electron chi connectivity index (χ3n) is 4.77. The van der Waals surface area contributed by atoms with E-state index in [1.807, 2.05) is 13.8 Å². The molecule has 2 heterocycles. The molecule has 0 spiro atoms. The third-order valence-corrected chi connectivity index (χ3v) is 4.77. The first-order chi connectivity index (χ1) is 14.5. The average Bonchev–Trinajstić information content (AvgIpc) is 2.74. The highest BCUT2D eigenvalue weighted by atomic mass is 16.5. The molecule has 152 valence electrons. The maximum Gasteiger partial charge on any atom is 0.259 e. The fourth-order valence-electron chi connectivity index (χ4n) is 3.44. The number of ketones is 1. The molecular formula is C23H20N2O5. The molecule has 7 heteroatoms. The smallest absolute Gasteiger partial charge is 0.259 e. The molecule has 0 saturated heterocycles. The molecule has 7 nitrogen and oxygen atoms in total. The molecule has 2 N–H and O–H groups in total.